The Morgan fingerprint density at radius 2 is 1.73 bits per heavy atom. The molecule has 0 bridgehead atoms. The average Bonchev–Trinajstić information content (AvgIpc) is 3.58. The lowest BCUT2D eigenvalue weighted by atomic mass is 9.78. The Morgan fingerprint density at radius 3 is 2.37 bits per heavy atom. The number of aromatic nitrogens is 1. The maximum atomic E-state index is 14.8. The van der Waals surface area contributed by atoms with E-state index in [-0.39, 0.29) is 76.3 Å². The minimum Gasteiger partial charge on any atom is -0.493 e. The van der Waals surface area contributed by atoms with Gasteiger partial charge >= 0.3 is 18.3 Å². The zero-order valence-corrected chi connectivity index (χ0v) is 28.8. The molecular weight excluding hydrogens is 720 g/mol. The van der Waals surface area contributed by atoms with Crippen molar-refractivity contribution in [2.75, 3.05) is 26.2 Å². The van der Waals surface area contributed by atoms with Crippen LogP contribution >= 0.6 is 11.3 Å². The van der Waals surface area contributed by atoms with Gasteiger partial charge in [-0.25, -0.2) is 0 Å². The summed E-state index contributed by atoms with van der Waals surface area (Å²) in [7, 11) is 0. The third-order valence-corrected chi connectivity index (χ3v) is 10.4. The van der Waals surface area contributed by atoms with E-state index in [1.165, 1.54) is 4.90 Å². The molecule has 3 aromatic rings. The van der Waals surface area contributed by atoms with E-state index in [2.05, 4.69) is 4.98 Å². The van der Waals surface area contributed by atoms with Gasteiger partial charge in [-0.1, -0.05) is 31.5 Å². The minimum atomic E-state index is -4.90. The first-order valence-corrected chi connectivity index (χ1v) is 17.5. The van der Waals surface area contributed by atoms with Gasteiger partial charge in [0.2, 0.25) is 5.60 Å². The molecule has 282 valence electrons. The van der Waals surface area contributed by atoms with E-state index >= 15 is 0 Å². The maximum Gasteiger partial charge on any atom is 0.425 e. The van der Waals surface area contributed by atoms with Crippen LogP contribution in [-0.2, 0) is 27.5 Å². The van der Waals surface area contributed by atoms with Crippen molar-refractivity contribution < 1.29 is 60.4 Å². The van der Waals surface area contributed by atoms with Crippen molar-refractivity contribution >= 4 is 29.1 Å². The molecule has 10 nitrogen and oxygen atoms in total. The second-order valence-corrected chi connectivity index (χ2v) is 13.7. The Bertz CT molecular complexity index is 1760. The van der Waals surface area contributed by atoms with Crippen LogP contribution in [-0.4, -0.2) is 80.7 Å². The molecule has 0 spiro atoms. The Kier molecular flexibility index (Phi) is 11.4. The highest BCUT2D eigenvalue weighted by atomic mass is 32.1. The number of aliphatic carboxylic acids is 1. The number of hydrogen-bond acceptors (Lipinski definition) is 8. The molecule has 0 aliphatic carbocycles. The van der Waals surface area contributed by atoms with Gasteiger partial charge in [-0.15, -0.1) is 11.3 Å². The second kappa shape index (κ2) is 15.3. The fourth-order valence-corrected chi connectivity index (χ4v) is 7.62. The Labute approximate surface area is 299 Å². The number of carbonyl (C=O) groups excluding carboxylic acids is 2. The highest BCUT2D eigenvalue weighted by molar-refractivity contribution is 7.10. The first-order chi connectivity index (χ1) is 24.5. The number of alkyl halides is 6. The first-order valence-electron chi connectivity index (χ1n) is 16.6. The predicted octanol–water partition coefficient (Wildman–Crippen LogP) is 6.77. The van der Waals surface area contributed by atoms with Gasteiger partial charge in [-0.05, 0) is 37.8 Å². The Hall–Kier alpha value is -4.38. The van der Waals surface area contributed by atoms with Crippen LogP contribution in [0.25, 0.3) is 0 Å². The van der Waals surface area contributed by atoms with Crippen molar-refractivity contribution in [1.82, 2.24) is 14.8 Å². The van der Waals surface area contributed by atoms with Crippen molar-refractivity contribution in [1.29, 1.82) is 0 Å². The van der Waals surface area contributed by atoms with E-state index in [0.29, 0.717) is 29.4 Å². The van der Waals surface area contributed by atoms with Crippen LogP contribution in [0.4, 0.5) is 26.3 Å². The van der Waals surface area contributed by atoms with Gasteiger partial charge in [-0.2, -0.15) is 26.3 Å². The molecule has 2 aliphatic heterocycles. The van der Waals surface area contributed by atoms with Crippen LogP contribution in [0, 0.1) is 0 Å². The van der Waals surface area contributed by atoms with Crippen LogP contribution in [0.1, 0.15) is 78.2 Å². The van der Waals surface area contributed by atoms with E-state index in [0.717, 1.165) is 28.7 Å². The summed E-state index contributed by atoms with van der Waals surface area (Å²) in [6.45, 7) is 1.41. The molecule has 5 rings (SSSR count). The molecule has 2 aliphatic rings. The summed E-state index contributed by atoms with van der Waals surface area (Å²) in [5.74, 6) is -2.81. The number of piperidine rings is 2. The topological polar surface area (TPSA) is 130 Å². The van der Waals surface area contributed by atoms with Gasteiger partial charge in [0.1, 0.15) is 16.4 Å². The molecule has 2 fully saturated rings. The molecule has 2 amide bonds. The lowest BCUT2D eigenvalue weighted by Gasteiger charge is -2.51. The van der Waals surface area contributed by atoms with Crippen LogP contribution in [0.15, 0.2) is 54.2 Å². The number of likely N-dealkylation sites (tertiary alicyclic amines) is 2. The van der Waals surface area contributed by atoms with Gasteiger partial charge in [-0.3, -0.25) is 19.4 Å². The Balaban J connectivity index is 1.50. The molecule has 2 aromatic heterocycles. The van der Waals surface area contributed by atoms with Crippen molar-refractivity contribution in [3.05, 3.63) is 75.7 Å². The minimum absolute atomic E-state index is 0.0173. The van der Waals surface area contributed by atoms with E-state index < -0.39 is 63.4 Å². The van der Waals surface area contributed by atoms with E-state index in [1.54, 1.807) is 31.2 Å². The number of aliphatic hydroxyl groups is 1. The zero-order chi connectivity index (χ0) is 37.9. The number of hydrogen-bond donors (Lipinski definition) is 2. The molecule has 2 atom stereocenters. The number of pyridine rings is 1. The monoisotopic (exact) mass is 757 g/mol. The van der Waals surface area contributed by atoms with Gasteiger partial charge in [0, 0.05) is 55.5 Å². The summed E-state index contributed by atoms with van der Waals surface area (Å²) in [6, 6.07) is 6.78. The fraction of sp³-hybridized carbons (Fsp3) is 0.486. The highest BCUT2D eigenvalue weighted by Crippen LogP contribution is 2.44. The largest absolute Gasteiger partial charge is 0.493 e. The van der Waals surface area contributed by atoms with Gasteiger partial charge in [0.25, 0.3) is 11.8 Å². The zero-order valence-electron chi connectivity index (χ0n) is 28.0. The Morgan fingerprint density at radius 1 is 1.02 bits per heavy atom. The lowest BCUT2D eigenvalue weighted by Crippen LogP contribution is -2.68. The van der Waals surface area contributed by atoms with Crippen LogP contribution < -0.4 is 9.47 Å². The summed E-state index contributed by atoms with van der Waals surface area (Å²) in [4.78, 5) is 45.1. The third kappa shape index (κ3) is 8.14. The number of nitrogens with zero attached hydrogens (tertiary/aromatic N) is 3. The molecule has 0 saturated carbocycles. The number of ether oxygens (including phenoxy) is 2. The number of carboxylic acids is 1. The molecule has 1 aromatic carbocycles. The summed E-state index contributed by atoms with van der Waals surface area (Å²) >= 11 is 0.354. The first kappa shape index (κ1) is 38.8. The SMILES string of the molecule is CCC[C@H]1N(C(=O)c2cnccc2C(F)(F)F)CCC[C@@]1(Oc1csc(C(F)(F)F)c1)C(=O)N1CCC(O)(c2ccccc2OCCC(=O)O)CC1. The molecule has 0 radical (unpaired) electrons. The fourth-order valence-electron chi connectivity index (χ4n) is 6.94. The standard InChI is InChI=1S/C35H37F6N3O7S/c1-2-6-27-33(51-22-19-28(52-21-22)35(39,40)41,11-5-15-44(27)30(47)23-20-42-14-9-24(23)34(36,37)38)31(48)43-16-12-32(49,13-17-43)25-7-3-4-8-26(25)50-18-10-29(45)46/h3-4,7-9,14,19-21,27,49H,2,5-6,10-13,15-18H2,1H3,(H,45,46)/t27-,33+/m1/s1. The molecule has 2 N–H and O–H groups in total. The normalized spacial score (nSPS) is 20.7. The molecule has 17 heteroatoms. The number of thiophene rings is 1. The number of carbonyl (C=O) groups is 3. The smallest absolute Gasteiger partial charge is 0.425 e. The predicted molar refractivity (Wildman–Crippen MR) is 175 cm³/mol. The third-order valence-electron chi connectivity index (χ3n) is 9.40. The average molecular weight is 758 g/mol. The van der Waals surface area contributed by atoms with Crippen molar-refractivity contribution in [2.45, 2.75) is 81.5 Å². The second-order valence-electron chi connectivity index (χ2n) is 12.8. The highest BCUT2D eigenvalue weighted by Gasteiger charge is 2.56. The van der Waals surface area contributed by atoms with Crippen molar-refractivity contribution in [3.63, 3.8) is 0 Å². The van der Waals surface area contributed by atoms with E-state index in [4.69, 9.17) is 14.6 Å². The van der Waals surface area contributed by atoms with Crippen molar-refractivity contribution in [3.8, 4) is 11.5 Å². The number of rotatable bonds is 11. The molecule has 0 unspecified atom stereocenters. The summed E-state index contributed by atoms with van der Waals surface area (Å²) in [5.41, 5.74) is -5.08. The summed E-state index contributed by atoms with van der Waals surface area (Å²) < 4.78 is 94.8. The summed E-state index contributed by atoms with van der Waals surface area (Å²) in [6.07, 6.45) is -7.79. The van der Waals surface area contributed by atoms with Crippen LogP contribution in [0.3, 0.4) is 0 Å². The van der Waals surface area contributed by atoms with Crippen LogP contribution in [0.5, 0.6) is 11.5 Å². The van der Waals surface area contributed by atoms with E-state index in [9.17, 15) is 45.8 Å². The maximum absolute atomic E-state index is 14.8. The molecular formula is C35H37F6N3O7S. The number of amides is 2. The molecule has 52 heavy (non-hydrogen) atoms. The quantitative estimate of drug-likeness (QED) is 0.205. The number of carboxylic acid groups (broad SMARTS) is 1. The van der Waals surface area contributed by atoms with Gasteiger partial charge in [0.05, 0.1) is 35.8 Å². The lowest BCUT2D eigenvalue weighted by molar-refractivity contribution is -0.163. The van der Waals surface area contributed by atoms with Gasteiger partial charge in [0.15, 0.2) is 0 Å². The number of halogens is 6. The van der Waals surface area contributed by atoms with Crippen molar-refractivity contribution in [2.24, 2.45) is 0 Å². The molecule has 4 heterocycles. The number of para-hydroxylation sites is 1. The summed E-state index contributed by atoms with van der Waals surface area (Å²) in [5, 5.41) is 21.9. The van der Waals surface area contributed by atoms with Crippen LogP contribution in [0.2, 0.25) is 0 Å². The number of benzene rings is 1. The molecule has 2 saturated heterocycles. The van der Waals surface area contributed by atoms with Gasteiger partial charge < -0.3 is 29.5 Å². The van der Waals surface area contributed by atoms with E-state index in [1.807, 2.05) is 0 Å².